The van der Waals surface area contributed by atoms with Crippen LogP contribution in [0, 0.1) is 0 Å². The molecule has 0 saturated heterocycles. The highest BCUT2D eigenvalue weighted by molar-refractivity contribution is 6.08. The minimum absolute atomic E-state index is 0.128. The highest BCUT2D eigenvalue weighted by Gasteiger charge is 2.48. The van der Waals surface area contributed by atoms with E-state index in [1.165, 1.54) is 19.2 Å². The summed E-state index contributed by atoms with van der Waals surface area (Å²) in [6.07, 6.45) is -4.93. The number of carbonyl (C=O) groups is 2. The lowest BCUT2D eigenvalue weighted by Gasteiger charge is -2.43. The van der Waals surface area contributed by atoms with Gasteiger partial charge in [-0.05, 0) is 55.3 Å². The van der Waals surface area contributed by atoms with Crippen LogP contribution in [0.15, 0.2) is 78.9 Å². The van der Waals surface area contributed by atoms with E-state index < -0.39 is 24.2 Å². The molecule has 0 saturated carbocycles. The largest absolute Gasteiger partial charge is 0.497 e. The molecule has 2 amide bonds. The van der Waals surface area contributed by atoms with Gasteiger partial charge in [0.25, 0.3) is 5.91 Å². The third kappa shape index (κ3) is 4.35. The zero-order chi connectivity index (χ0) is 24.5. The third-order valence-corrected chi connectivity index (χ3v) is 5.90. The Morgan fingerprint density at radius 1 is 0.971 bits per heavy atom. The summed E-state index contributed by atoms with van der Waals surface area (Å²) in [7, 11) is 1.50. The van der Waals surface area contributed by atoms with E-state index in [1.807, 2.05) is 0 Å². The van der Waals surface area contributed by atoms with Gasteiger partial charge in [-0.3, -0.25) is 14.5 Å². The van der Waals surface area contributed by atoms with E-state index in [1.54, 1.807) is 78.6 Å². The lowest BCUT2D eigenvalue weighted by molar-refractivity contribution is -0.171. The molecule has 2 atom stereocenters. The van der Waals surface area contributed by atoms with E-state index in [-0.39, 0.29) is 18.0 Å². The molecule has 4 rings (SSSR count). The van der Waals surface area contributed by atoms with Crippen LogP contribution in [0.1, 0.15) is 35.3 Å². The van der Waals surface area contributed by atoms with Crippen molar-refractivity contribution in [2.24, 2.45) is 0 Å². The second-order valence-corrected chi connectivity index (χ2v) is 8.07. The Labute approximate surface area is 195 Å². The number of alkyl halides is 3. The van der Waals surface area contributed by atoms with Crippen LogP contribution in [0.5, 0.6) is 5.75 Å². The number of carbonyl (C=O) groups excluding carboxylic acids is 2. The van der Waals surface area contributed by atoms with Crippen LogP contribution in [-0.4, -0.2) is 31.1 Å². The molecular formula is C26H23F3N2O3. The number of nitrogens with zero attached hydrogens (tertiary/aromatic N) is 2. The maximum atomic E-state index is 13.6. The molecule has 8 heteroatoms. The van der Waals surface area contributed by atoms with Gasteiger partial charge in [-0.25, -0.2) is 0 Å². The molecule has 0 radical (unpaired) electrons. The number of benzene rings is 3. The predicted octanol–water partition coefficient (Wildman–Crippen LogP) is 5.77. The molecule has 1 aliphatic rings. The van der Waals surface area contributed by atoms with Crippen molar-refractivity contribution in [3.8, 4) is 5.75 Å². The summed E-state index contributed by atoms with van der Waals surface area (Å²) in [5.41, 5.74) is 1.48. The maximum absolute atomic E-state index is 13.6. The quantitative estimate of drug-likeness (QED) is 0.489. The summed E-state index contributed by atoms with van der Waals surface area (Å²) in [4.78, 5) is 28.5. The number of ether oxygens (including phenoxy) is 1. The smallest absolute Gasteiger partial charge is 0.471 e. The van der Waals surface area contributed by atoms with E-state index in [2.05, 4.69) is 0 Å². The van der Waals surface area contributed by atoms with Gasteiger partial charge in [0.2, 0.25) is 0 Å². The first-order chi connectivity index (χ1) is 16.2. The number of anilines is 2. The highest BCUT2D eigenvalue weighted by atomic mass is 19.4. The van der Waals surface area contributed by atoms with E-state index >= 15 is 0 Å². The Balaban J connectivity index is 1.81. The van der Waals surface area contributed by atoms with Crippen molar-refractivity contribution in [1.82, 2.24) is 0 Å². The van der Waals surface area contributed by atoms with Crippen molar-refractivity contribution < 1.29 is 27.5 Å². The summed E-state index contributed by atoms with van der Waals surface area (Å²) in [6.45, 7) is 1.77. The molecule has 0 N–H and O–H groups in total. The Morgan fingerprint density at radius 2 is 1.65 bits per heavy atom. The summed E-state index contributed by atoms with van der Waals surface area (Å²) in [5.74, 6) is -1.73. The second-order valence-electron chi connectivity index (χ2n) is 8.07. The fraction of sp³-hybridized carbons (Fsp3) is 0.231. The number of rotatable bonds is 4. The molecule has 0 aromatic heterocycles. The number of hydrogen-bond donors (Lipinski definition) is 0. The predicted molar refractivity (Wildman–Crippen MR) is 123 cm³/mol. The Bertz CT molecular complexity index is 1200. The zero-order valence-corrected chi connectivity index (χ0v) is 18.6. The van der Waals surface area contributed by atoms with Gasteiger partial charge >= 0.3 is 12.1 Å². The average molecular weight is 468 g/mol. The van der Waals surface area contributed by atoms with Gasteiger partial charge in [0.05, 0.1) is 13.2 Å². The number of fused-ring (bicyclic) bond motifs is 1. The van der Waals surface area contributed by atoms with Gasteiger partial charge in [0.15, 0.2) is 0 Å². The molecule has 1 heterocycles. The molecule has 176 valence electrons. The summed E-state index contributed by atoms with van der Waals surface area (Å²) < 4.78 is 46.2. The van der Waals surface area contributed by atoms with Crippen LogP contribution in [0.2, 0.25) is 0 Å². The van der Waals surface area contributed by atoms with Crippen LogP contribution >= 0.6 is 0 Å². The van der Waals surface area contributed by atoms with Crippen molar-refractivity contribution in [2.75, 3.05) is 16.9 Å². The number of amides is 2. The number of para-hydroxylation sites is 2. The van der Waals surface area contributed by atoms with Crippen molar-refractivity contribution in [1.29, 1.82) is 0 Å². The van der Waals surface area contributed by atoms with Gasteiger partial charge in [-0.2, -0.15) is 13.2 Å². The minimum atomic E-state index is -5.05. The zero-order valence-electron chi connectivity index (χ0n) is 18.6. The molecule has 1 aliphatic heterocycles. The van der Waals surface area contributed by atoms with Crippen molar-refractivity contribution in [2.45, 2.75) is 31.6 Å². The first-order valence-corrected chi connectivity index (χ1v) is 10.7. The lowest BCUT2D eigenvalue weighted by atomic mass is 9.89. The first kappa shape index (κ1) is 23.4. The van der Waals surface area contributed by atoms with Gasteiger partial charge in [-0.1, -0.05) is 42.5 Å². The number of hydrogen-bond acceptors (Lipinski definition) is 3. The third-order valence-electron chi connectivity index (χ3n) is 5.90. The first-order valence-electron chi connectivity index (χ1n) is 10.7. The Kier molecular flexibility index (Phi) is 6.32. The van der Waals surface area contributed by atoms with Gasteiger partial charge in [-0.15, -0.1) is 0 Å². The standard InChI is InChI=1S/C26H23F3N2O3/c1-17-15-23(31(25(33)26(27,28)29)19-10-4-3-5-11-19)21-13-6-7-14-22(21)30(17)24(32)18-9-8-12-20(16-18)34-2/h3-14,16-17,23H,15H2,1-2H3/t17-,23+/m0/s1. The molecule has 5 nitrogen and oxygen atoms in total. The van der Waals surface area contributed by atoms with Gasteiger partial charge in [0, 0.05) is 23.0 Å². The average Bonchev–Trinajstić information content (AvgIpc) is 2.84. The minimum Gasteiger partial charge on any atom is -0.497 e. The van der Waals surface area contributed by atoms with Crippen molar-refractivity contribution >= 4 is 23.2 Å². The van der Waals surface area contributed by atoms with Crippen molar-refractivity contribution in [3.05, 3.63) is 90.0 Å². The normalized spacial score (nSPS) is 17.6. The van der Waals surface area contributed by atoms with E-state index in [0.717, 1.165) is 4.90 Å². The maximum Gasteiger partial charge on any atom is 0.471 e. The Hall–Kier alpha value is -3.81. The molecule has 0 aliphatic carbocycles. The molecule has 34 heavy (non-hydrogen) atoms. The lowest BCUT2D eigenvalue weighted by Crippen LogP contribution is -2.50. The van der Waals surface area contributed by atoms with Gasteiger partial charge < -0.3 is 9.64 Å². The molecule has 3 aromatic rings. The second kappa shape index (κ2) is 9.21. The summed E-state index contributed by atoms with van der Waals surface area (Å²) >= 11 is 0. The van der Waals surface area contributed by atoms with Crippen molar-refractivity contribution in [3.63, 3.8) is 0 Å². The number of methoxy groups -OCH3 is 1. The number of halogens is 3. The van der Waals surface area contributed by atoms with E-state index in [9.17, 15) is 22.8 Å². The fourth-order valence-electron chi connectivity index (χ4n) is 4.39. The molecule has 0 fully saturated rings. The topological polar surface area (TPSA) is 49.9 Å². The Morgan fingerprint density at radius 3 is 2.32 bits per heavy atom. The van der Waals surface area contributed by atoms with Crippen LogP contribution in [0.3, 0.4) is 0 Å². The highest BCUT2D eigenvalue weighted by Crippen LogP contribution is 2.44. The van der Waals surface area contributed by atoms with Crippen LogP contribution in [0.4, 0.5) is 24.5 Å². The van der Waals surface area contributed by atoms with E-state index in [4.69, 9.17) is 4.74 Å². The van der Waals surface area contributed by atoms with Crippen LogP contribution in [0.25, 0.3) is 0 Å². The van der Waals surface area contributed by atoms with E-state index in [0.29, 0.717) is 22.6 Å². The summed E-state index contributed by atoms with van der Waals surface area (Å²) in [5, 5.41) is 0. The monoisotopic (exact) mass is 468 g/mol. The van der Waals surface area contributed by atoms with Crippen LogP contribution in [-0.2, 0) is 4.79 Å². The molecular weight excluding hydrogens is 445 g/mol. The van der Waals surface area contributed by atoms with Gasteiger partial charge in [0.1, 0.15) is 5.75 Å². The summed E-state index contributed by atoms with van der Waals surface area (Å²) in [6, 6.07) is 19.9. The molecule has 3 aromatic carbocycles. The van der Waals surface area contributed by atoms with Crippen LogP contribution < -0.4 is 14.5 Å². The fourth-order valence-corrected chi connectivity index (χ4v) is 4.39. The SMILES string of the molecule is COc1cccc(C(=O)N2c3ccccc3[C@H](N(C(=O)C(F)(F)F)c3ccccc3)C[C@@H]2C)c1. The molecule has 0 bridgehead atoms. The molecule has 0 unspecified atom stereocenters. The molecule has 0 spiro atoms.